The number of nitrogens with zero attached hydrogens (tertiary/aromatic N) is 2. The summed E-state index contributed by atoms with van der Waals surface area (Å²) in [5.74, 6) is 1.38. The third-order valence-electron chi connectivity index (χ3n) is 5.41. The molecule has 28 heavy (non-hydrogen) atoms. The van der Waals surface area contributed by atoms with E-state index in [4.69, 9.17) is 9.47 Å². The molecular formula is C23H25FN2O2. The van der Waals surface area contributed by atoms with E-state index in [1.165, 1.54) is 5.69 Å². The minimum Gasteiger partial charge on any atom is -0.497 e. The molecule has 0 aliphatic carbocycles. The monoisotopic (exact) mass is 380 g/mol. The molecule has 0 saturated carbocycles. The average Bonchev–Trinajstić information content (AvgIpc) is 3.11. The van der Waals surface area contributed by atoms with Crippen molar-refractivity contribution in [2.45, 2.75) is 25.6 Å². The van der Waals surface area contributed by atoms with Gasteiger partial charge in [-0.1, -0.05) is 18.2 Å². The highest BCUT2D eigenvalue weighted by Gasteiger charge is 2.28. The zero-order valence-corrected chi connectivity index (χ0v) is 16.3. The van der Waals surface area contributed by atoms with Crippen LogP contribution in [-0.4, -0.2) is 30.2 Å². The van der Waals surface area contributed by atoms with Crippen molar-refractivity contribution >= 4 is 0 Å². The van der Waals surface area contributed by atoms with Gasteiger partial charge in [-0.2, -0.15) is 0 Å². The zero-order chi connectivity index (χ0) is 19.5. The van der Waals surface area contributed by atoms with Crippen LogP contribution in [0.15, 0.2) is 60.8 Å². The van der Waals surface area contributed by atoms with Gasteiger partial charge in [-0.3, -0.25) is 4.90 Å². The van der Waals surface area contributed by atoms with Crippen LogP contribution < -0.4 is 9.47 Å². The number of halogens is 1. The van der Waals surface area contributed by atoms with Crippen molar-refractivity contribution in [2.75, 3.05) is 20.8 Å². The third-order valence-corrected chi connectivity index (χ3v) is 5.41. The molecule has 2 heterocycles. The Bertz CT molecular complexity index is 936. The maximum atomic E-state index is 13.5. The number of aromatic nitrogens is 1. The van der Waals surface area contributed by atoms with E-state index in [9.17, 15) is 4.39 Å². The Kier molecular flexibility index (Phi) is 5.35. The van der Waals surface area contributed by atoms with Crippen molar-refractivity contribution in [1.29, 1.82) is 0 Å². The maximum absolute atomic E-state index is 13.5. The Morgan fingerprint density at radius 2 is 1.82 bits per heavy atom. The number of fused-ring (bicyclic) bond motifs is 1. The summed E-state index contributed by atoms with van der Waals surface area (Å²) in [6.07, 6.45) is 3.18. The van der Waals surface area contributed by atoms with Gasteiger partial charge in [0.05, 0.1) is 20.3 Å². The summed E-state index contributed by atoms with van der Waals surface area (Å²) in [6, 6.07) is 17.1. The normalized spacial score (nSPS) is 17.0. The van der Waals surface area contributed by atoms with E-state index in [0.717, 1.165) is 48.7 Å². The number of hydrogen-bond acceptors (Lipinski definition) is 3. The maximum Gasteiger partial charge on any atom is 0.127 e. The molecule has 3 aromatic rings. The van der Waals surface area contributed by atoms with Crippen molar-refractivity contribution in [2.24, 2.45) is 0 Å². The lowest BCUT2D eigenvalue weighted by Crippen LogP contribution is -2.29. The molecule has 0 spiro atoms. The van der Waals surface area contributed by atoms with Gasteiger partial charge < -0.3 is 14.0 Å². The number of rotatable bonds is 5. The van der Waals surface area contributed by atoms with Crippen molar-refractivity contribution in [1.82, 2.24) is 9.47 Å². The van der Waals surface area contributed by atoms with Gasteiger partial charge >= 0.3 is 0 Å². The molecule has 1 aliphatic rings. The van der Waals surface area contributed by atoms with Gasteiger partial charge in [-0.05, 0) is 42.3 Å². The second kappa shape index (κ2) is 8.07. The number of ether oxygens (including phenoxy) is 2. The molecule has 0 radical (unpaired) electrons. The van der Waals surface area contributed by atoms with E-state index in [2.05, 4.69) is 33.9 Å². The van der Waals surface area contributed by atoms with E-state index in [1.54, 1.807) is 26.4 Å². The third kappa shape index (κ3) is 3.62. The minimum atomic E-state index is -0.212. The van der Waals surface area contributed by atoms with E-state index in [0.29, 0.717) is 0 Å². The predicted molar refractivity (Wildman–Crippen MR) is 107 cm³/mol. The fourth-order valence-electron chi connectivity index (χ4n) is 4.04. The van der Waals surface area contributed by atoms with Gasteiger partial charge in [0.15, 0.2) is 0 Å². The number of methoxy groups -OCH3 is 2. The Balaban J connectivity index is 1.73. The van der Waals surface area contributed by atoms with Gasteiger partial charge in [0, 0.05) is 43.2 Å². The molecule has 5 heteroatoms. The first-order valence-corrected chi connectivity index (χ1v) is 9.55. The second-order valence-corrected chi connectivity index (χ2v) is 7.08. The summed E-state index contributed by atoms with van der Waals surface area (Å²) in [4.78, 5) is 2.44. The number of aryl methyl sites for hydroxylation is 1. The lowest BCUT2D eigenvalue weighted by Gasteiger charge is -2.31. The first-order valence-electron chi connectivity index (χ1n) is 9.55. The van der Waals surface area contributed by atoms with Crippen LogP contribution in [0.2, 0.25) is 0 Å². The first-order chi connectivity index (χ1) is 13.7. The molecule has 1 aliphatic heterocycles. The molecule has 0 saturated heterocycles. The van der Waals surface area contributed by atoms with E-state index < -0.39 is 0 Å². The van der Waals surface area contributed by atoms with Crippen molar-refractivity contribution in [3.05, 3.63) is 83.4 Å². The van der Waals surface area contributed by atoms with Crippen LogP contribution in [0.3, 0.4) is 0 Å². The van der Waals surface area contributed by atoms with E-state index in [1.807, 2.05) is 24.3 Å². The molecular weight excluding hydrogens is 355 g/mol. The summed E-state index contributed by atoms with van der Waals surface area (Å²) in [6.45, 7) is 2.66. The van der Waals surface area contributed by atoms with E-state index >= 15 is 0 Å². The summed E-state index contributed by atoms with van der Waals surface area (Å²) < 4.78 is 26.8. The van der Waals surface area contributed by atoms with Crippen LogP contribution >= 0.6 is 0 Å². The quantitative estimate of drug-likeness (QED) is 0.645. The molecule has 146 valence electrons. The fraction of sp³-hybridized carbons (Fsp3) is 0.304. The first kappa shape index (κ1) is 18.6. The lowest BCUT2D eigenvalue weighted by atomic mass is 10.0. The van der Waals surface area contributed by atoms with Gasteiger partial charge in [0.25, 0.3) is 0 Å². The van der Waals surface area contributed by atoms with Crippen LogP contribution in [0.5, 0.6) is 11.5 Å². The minimum absolute atomic E-state index is 0.0601. The summed E-state index contributed by atoms with van der Waals surface area (Å²) in [5, 5.41) is 0. The molecule has 0 bridgehead atoms. The number of hydrogen-bond donors (Lipinski definition) is 0. The highest BCUT2D eigenvalue weighted by atomic mass is 19.1. The van der Waals surface area contributed by atoms with Crippen LogP contribution in [-0.2, 0) is 13.1 Å². The Labute approximate surface area is 165 Å². The van der Waals surface area contributed by atoms with Gasteiger partial charge in [0.2, 0.25) is 0 Å². The molecule has 0 fully saturated rings. The highest BCUT2D eigenvalue weighted by Crippen LogP contribution is 2.35. The average molecular weight is 380 g/mol. The fourth-order valence-corrected chi connectivity index (χ4v) is 4.04. The molecule has 0 unspecified atom stereocenters. The molecule has 0 amide bonds. The standard InChI is InChI=1S/C23H25FN2O2/c1-27-20-11-8-18(22(15-20)28-2)16-26-14-4-13-25-12-3-5-21(25)23(26)17-6-9-19(24)10-7-17/h3,5-12,15,23H,4,13-14,16H2,1-2H3/t23-/m1/s1. The SMILES string of the molecule is COc1ccc(CN2CCCn3cccc3[C@H]2c2ccc(F)cc2)c(OC)c1. The smallest absolute Gasteiger partial charge is 0.127 e. The van der Waals surface area contributed by atoms with Crippen molar-refractivity contribution < 1.29 is 13.9 Å². The van der Waals surface area contributed by atoms with Crippen molar-refractivity contribution in [3.63, 3.8) is 0 Å². The second-order valence-electron chi connectivity index (χ2n) is 7.08. The molecule has 1 aromatic heterocycles. The lowest BCUT2D eigenvalue weighted by molar-refractivity contribution is 0.217. The molecule has 0 N–H and O–H groups in total. The molecule has 2 aromatic carbocycles. The zero-order valence-electron chi connectivity index (χ0n) is 16.3. The Hall–Kier alpha value is -2.79. The summed E-state index contributed by atoms with van der Waals surface area (Å²) in [7, 11) is 3.34. The van der Waals surface area contributed by atoms with Crippen LogP contribution in [0.4, 0.5) is 4.39 Å². The van der Waals surface area contributed by atoms with Crippen LogP contribution in [0.25, 0.3) is 0 Å². The predicted octanol–water partition coefficient (Wildman–Crippen LogP) is 4.64. The largest absolute Gasteiger partial charge is 0.497 e. The Morgan fingerprint density at radius 3 is 2.57 bits per heavy atom. The Morgan fingerprint density at radius 1 is 1.00 bits per heavy atom. The van der Waals surface area contributed by atoms with E-state index in [-0.39, 0.29) is 11.9 Å². The summed E-state index contributed by atoms with van der Waals surface area (Å²) in [5.41, 5.74) is 3.43. The van der Waals surface area contributed by atoms with Crippen LogP contribution in [0.1, 0.15) is 29.3 Å². The molecule has 4 nitrogen and oxygen atoms in total. The number of benzene rings is 2. The van der Waals surface area contributed by atoms with Gasteiger partial charge in [-0.15, -0.1) is 0 Å². The van der Waals surface area contributed by atoms with Crippen LogP contribution in [0, 0.1) is 5.82 Å². The highest BCUT2D eigenvalue weighted by molar-refractivity contribution is 5.41. The molecule has 4 rings (SSSR count). The summed E-state index contributed by atoms with van der Waals surface area (Å²) >= 11 is 0. The molecule has 1 atom stereocenters. The van der Waals surface area contributed by atoms with Gasteiger partial charge in [0.1, 0.15) is 17.3 Å². The van der Waals surface area contributed by atoms with Crippen molar-refractivity contribution in [3.8, 4) is 11.5 Å². The topological polar surface area (TPSA) is 26.6 Å². The van der Waals surface area contributed by atoms with Gasteiger partial charge in [-0.25, -0.2) is 4.39 Å².